The fourth-order valence-corrected chi connectivity index (χ4v) is 10.9. The number of cyclic esters (lactones) is 1. The predicted octanol–water partition coefficient (Wildman–Crippen LogP) is 8.01. The first-order valence-corrected chi connectivity index (χ1v) is 27.0. The van der Waals surface area contributed by atoms with Crippen LogP contribution in [-0.2, 0) is 59.4 Å². The number of halogens is 1. The van der Waals surface area contributed by atoms with Gasteiger partial charge in [-0.3, -0.25) is 29.3 Å². The number of pyridine rings is 1. The van der Waals surface area contributed by atoms with E-state index in [1.807, 2.05) is 77.9 Å². The number of benzene rings is 2. The number of likely N-dealkylation sites (tertiary alicyclic amines) is 1. The monoisotopic (exact) mass is 1040 g/mol. The van der Waals surface area contributed by atoms with Crippen LogP contribution in [0.5, 0.6) is 0 Å². The van der Waals surface area contributed by atoms with Crippen molar-refractivity contribution < 1.29 is 37.8 Å². The van der Waals surface area contributed by atoms with Crippen molar-refractivity contribution in [2.24, 2.45) is 17.3 Å². The van der Waals surface area contributed by atoms with Crippen molar-refractivity contribution in [1.82, 2.24) is 35.1 Å². The zero-order valence-electron chi connectivity index (χ0n) is 44.6. The number of ether oxygens (including phenoxy) is 3. The fraction of sp³-hybridized carbons (Fsp3) is 0.554. The normalized spacial score (nSPS) is 21.5. The molecule has 2 aromatic heterocycles. The lowest BCUT2D eigenvalue weighted by molar-refractivity contribution is -0.158. The molecule has 0 aliphatic carbocycles. The summed E-state index contributed by atoms with van der Waals surface area (Å²) in [7, 11) is 5.49. The van der Waals surface area contributed by atoms with Gasteiger partial charge in [0.05, 0.1) is 48.3 Å². The lowest BCUT2D eigenvalue weighted by Gasteiger charge is -2.44. The summed E-state index contributed by atoms with van der Waals surface area (Å²) in [5.41, 5.74) is 9.44. The summed E-state index contributed by atoms with van der Waals surface area (Å²) >= 11 is 6.07. The van der Waals surface area contributed by atoms with Crippen molar-refractivity contribution in [3.05, 3.63) is 77.1 Å². The highest BCUT2D eigenvalue weighted by Crippen LogP contribution is 2.43. The second kappa shape index (κ2) is 22.5. The van der Waals surface area contributed by atoms with Crippen LogP contribution in [-0.4, -0.2) is 130 Å². The molecule has 0 saturated carbocycles. The van der Waals surface area contributed by atoms with Gasteiger partial charge >= 0.3 is 5.97 Å². The van der Waals surface area contributed by atoms with E-state index in [1.54, 1.807) is 30.5 Å². The number of aryl methyl sites for hydroxylation is 1. The van der Waals surface area contributed by atoms with E-state index in [-0.39, 0.29) is 56.6 Å². The third-order valence-electron chi connectivity index (χ3n) is 14.8. The number of fused-ring (bicyclic) bond motifs is 6. The zero-order chi connectivity index (χ0) is 53.2. The van der Waals surface area contributed by atoms with E-state index >= 15 is 9.18 Å². The summed E-state index contributed by atoms with van der Waals surface area (Å²) in [6.07, 6.45) is 4.10. The van der Waals surface area contributed by atoms with Crippen molar-refractivity contribution in [1.29, 1.82) is 0 Å². The summed E-state index contributed by atoms with van der Waals surface area (Å²) in [5.74, 6) is 3.09. The number of hydrazine groups is 1. The smallest absolute Gasteiger partial charge is 0.338 e. The molecule has 394 valence electrons. The first kappa shape index (κ1) is 55.8. The molecule has 7 rings (SSSR count). The first-order chi connectivity index (χ1) is 34.5. The molecule has 0 radical (unpaired) electrons. The van der Waals surface area contributed by atoms with Gasteiger partial charge in [-0.2, -0.15) is 0 Å². The Morgan fingerprint density at radius 2 is 1.84 bits per heavy atom. The molecule has 5 heterocycles. The van der Waals surface area contributed by atoms with E-state index in [9.17, 15) is 14.4 Å². The Kier molecular flexibility index (Phi) is 17.2. The second-order valence-corrected chi connectivity index (χ2v) is 23.5. The summed E-state index contributed by atoms with van der Waals surface area (Å²) in [4.78, 5) is 62.6. The zero-order valence-corrected chi connectivity index (χ0v) is 46.3. The highest BCUT2D eigenvalue weighted by Gasteiger charge is 2.49. The molecule has 2 N–H and O–H groups in total. The standard InChI is InChI=1S/C56H74FN7O7S2/c1-13-63-46-18-17-39-27-43(46)44(49(63)42-16-14-22-58-48(42)36(4)69-11)29-53(5,6)34-71-52(68)55(72)20-15-23-64(60-55)51(67)56(73-12,28-37-24-38(30-57)26-40(39)25-37)59-50(66)45(35(2)3)33-70-41-31-62(32-41)47(65)19-21-54(7,8)61(9)10/h14,16-18,22,24-27,35-36,41,45,60,72H,13,15,20,23,28-34H2,1-12H3,(H,59,66)/t36-,45?,55-,56+/m0/s1. The number of nitrogens with zero attached hydrogens (tertiary/aromatic N) is 5. The van der Waals surface area contributed by atoms with Gasteiger partial charge < -0.3 is 29.0 Å². The van der Waals surface area contributed by atoms with Crippen LogP contribution in [0.15, 0.2) is 54.7 Å². The van der Waals surface area contributed by atoms with Crippen LogP contribution < -0.4 is 10.7 Å². The maximum absolute atomic E-state index is 15.4. The number of amides is 3. The number of nitrogens with one attached hydrogen (secondary N) is 2. The lowest BCUT2D eigenvalue weighted by atomic mass is 9.84. The minimum absolute atomic E-state index is 0.0294. The van der Waals surface area contributed by atoms with Gasteiger partial charge in [0.1, 0.15) is 6.67 Å². The minimum atomic E-state index is -1.66. The van der Waals surface area contributed by atoms with Gasteiger partial charge in [0, 0.05) is 67.8 Å². The topological polar surface area (TPSA) is 148 Å². The molecule has 2 saturated heterocycles. The van der Waals surface area contributed by atoms with Gasteiger partial charge in [0.25, 0.3) is 11.8 Å². The molecule has 4 aromatic rings. The molecule has 73 heavy (non-hydrogen) atoms. The molecule has 0 spiro atoms. The van der Waals surface area contributed by atoms with Crippen molar-refractivity contribution >= 4 is 59.0 Å². The fourth-order valence-electron chi connectivity index (χ4n) is 9.72. The van der Waals surface area contributed by atoms with Crippen molar-refractivity contribution in [2.45, 2.75) is 122 Å². The third-order valence-corrected chi connectivity index (χ3v) is 16.4. The van der Waals surface area contributed by atoms with Crippen LogP contribution in [0.2, 0.25) is 0 Å². The number of thioether (sulfide) groups is 1. The van der Waals surface area contributed by atoms with Crippen molar-refractivity contribution in [3.8, 4) is 34.2 Å². The molecule has 6 bridgehead atoms. The number of alkyl halides is 1. The molecule has 2 fully saturated rings. The molecular weight excluding hydrogens is 966 g/mol. The maximum Gasteiger partial charge on any atom is 0.338 e. The Balaban J connectivity index is 1.29. The number of thiol groups is 1. The molecule has 2 aromatic carbocycles. The second-order valence-electron chi connectivity index (χ2n) is 21.7. The maximum atomic E-state index is 15.4. The molecule has 1 unspecified atom stereocenters. The predicted molar refractivity (Wildman–Crippen MR) is 289 cm³/mol. The Labute approximate surface area is 440 Å². The first-order valence-electron chi connectivity index (χ1n) is 25.3. The van der Waals surface area contributed by atoms with Crippen molar-refractivity contribution in [3.63, 3.8) is 0 Å². The number of carbonyl (C=O) groups is 4. The van der Waals surface area contributed by atoms with Gasteiger partial charge in [0.2, 0.25) is 5.91 Å². The number of aromatic nitrogens is 2. The summed E-state index contributed by atoms with van der Waals surface area (Å²) in [6, 6.07) is 15.8. The molecule has 3 aliphatic rings. The van der Waals surface area contributed by atoms with E-state index in [1.165, 1.54) is 5.01 Å². The Morgan fingerprint density at radius 1 is 1.10 bits per heavy atom. The number of esters is 1. The highest BCUT2D eigenvalue weighted by atomic mass is 32.2. The van der Waals surface area contributed by atoms with E-state index in [4.69, 9.17) is 31.8 Å². The number of hydrogen-bond acceptors (Lipinski definition) is 12. The Hall–Kier alpha value is -4.96. The number of methoxy groups -OCH3 is 1. The Bertz CT molecular complexity index is 2780. The van der Waals surface area contributed by atoms with Crippen LogP contribution in [0.4, 0.5) is 4.39 Å². The van der Waals surface area contributed by atoms with Crippen LogP contribution in [0.3, 0.4) is 0 Å². The summed E-state index contributed by atoms with van der Waals surface area (Å²) < 4.78 is 35.8. The molecule has 17 heteroatoms. The van der Waals surface area contributed by atoms with Crippen LogP contribution >= 0.6 is 24.4 Å². The molecule has 3 aliphatic heterocycles. The quantitative estimate of drug-likeness (QED) is 0.0518. The average molecular weight is 1040 g/mol. The van der Waals surface area contributed by atoms with E-state index in [0.29, 0.717) is 43.6 Å². The van der Waals surface area contributed by atoms with Crippen molar-refractivity contribution in [2.75, 3.05) is 60.3 Å². The van der Waals surface area contributed by atoms with Gasteiger partial charge in [-0.05, 0) is 137 Å². The van der Waals surface area contributed by atoms with Gasteiger partial charge in [-0.25, -0.2) is 14.6 Å². The number of carbonyl (C=O) groups excluding carboxylic acids is 4. The molecule has 14 nitrogen and oxygen atoms in total. The van der Waals surface area contributed by atoms with Gasteiger partial charge in [-0.1, -0.05) is 51.8 Å². The molecule has 4 atom stereocenters. The lowest BCUT2D eigenvalue weighted by Crippen LogP contribution is -2.68. The van der Waals surface area contributed by atoms with E-state index < -0.39 is 51.1 Å². The van der Waals surface area contributed by atoms with Crippen LogP contribution in [0.1, 0.15) is 96.7 Å². The molecular formula is C56H74FN7O7S2. The van der Waals surface area contributed by atoms with E-state index in [0.717, 1.165) is 56.3 Å². The van der Waals surface area contributed by atoms with E-state index in [2.05, 4.69) is 66.1 Å². The Morgan fingerprint density at radius 3 is 2.49 bits per heavy atom. The van der Waals surface area contributed by atoms with Crippen LogP contribution in [0.25, 0.3) is 33.3 Å². The minimum Gasteiger partial charge on any atom is -0.463 e. The largest absolute Gasteiger partial charge is 0.463 e. The average Bonchev–Trinajstić information content (AvgIpc) is 3.65. The highest BCUT2D eigenvalue weighted by molar-refractivity contribution is 8.00. The summed E-state index contributed by atoms with van der Waals surface area (Å²) in [6.45, 7) is 16.8. The third kappa shape index (κ3) is 12.0. The molecule has 3 amide bonds. The van der Waals surface area contributed by atoms with Gasteiger partial charge in [-0.15, -0.1) is 24.4 Å². The van der Waals surface area contributed by atoms with Gasteiger partial charge in [0.15, 0.2) is 9.74 Å². The summed E-state index contributed by atoms with van der Waals surface area (Å²) in [5, 5.41) is 5.54. The SMILES string of the molecule is CCn1c(-c2cccnc2[C@H](C)OC)c2c3cc(ccc31)-c1cc(CF)cc(c1)C[C@@](NC(=O)C(COC1CN(C(=O)C#CC(C)(C)N(C)C)C1)C(C)C)(SC)C(=O)N1CCC[C@@](S)(N1)C(=O)OCC(C)(C)C2. The van der Waals surface area contributed by atoms with Crippen LogP contribution in [0, 0.1) is 29.1 Å². The number of rotatable bonds is 13. The number of hydrogen-bond donors (Lipinski definition) is 3.